The largest absolute Gasteiger partial charge is 0.362 e. The second kappa shape index (κ2) is 8.26. The summed E-state index contributed by atoms with van der Waals surface area (Å²) in [4.78, 5) is 13.0. The second-order valence-electron chi connectivity index (χ2n) is 5.63. The molecule has 1 fully saturated rings. The van der Waals surface area contributed by atoms with Gasteiger partial charge in [0.25, 0.3) is 0 Å². The van der Waals surface area contributed by atoms with Gasteiger partial charge in [-0.15, -0.1) is 0 Å². The van der Waals surface area contributed by atoms with Gasteiger partial charge in [-0.1, -0.05) is 23.7 Å². The first-order valence-corrected chi connectivity index (χ1v) is 8.80. The summed E-state index contributed by atoms with van der Waals surface area (Å²) in [5.41, 5.74) is 1.25. The minimum atomic E-state index is 0.766. The van der Waals surface area contributed by atoms with E-state index in [1.54, 1.807) is 12.4 Å². The molecular formula is C17H20ClN5S. The van der Waals surface area contributed by atoms with Crippen molar-refractivity contribution in [1.29, 1.82) is 0 Å². The number of piperazine rings is 1. The fraction of sp³-hybridized carbons (Fsp3) is 0.353. The van der Waals surface area contributed by atoms with E-state index in [-0.39, 0.29) is 0 Å². The van der Waals surface area contributed by atoms with Gasteiger partial charge >= 0.3 is 0 Å². The lowest BCUT2D eigenvalue weighted by atomic mass is 10.1. The van der Waals surface area contributed by atoms with Gasteiger partial charge in [-0.2, -0.15) is 0 Å². The predicted molar refractivity (Wildman–Crippen MR) is 102 cm³/mol. The van der Waals surface area contributed by atoms with Crippen LogP contribution in [0.25, 0.3) is 0 Å². The highest BCUT2D eigenvalue weighted by molar-refractivity contribution is 7.80. The minimum Gasteiger partial charge on any atom is -0.362 e. The number of halogens is 1. The average molecular weight is 362 g/mol. The Labute approximate surface area is 152 Å². The summed E-state index contributed by atoms with van der Waals surface area (Å²) < 4.78 is 0. The van der Waals surface area contributed by atoms with Crippen LogP contribution in [-0.4, -0.2) is 52.7 Å². The van der Waals surface area contributed by atoms with Gasteiger partial charge in [0, 0.05) is 50.1 Å². The quantitative estimate of drug-likeness (QED) is 0.843. The summed E-state index contributed by atoms with van der Waals surface area (Å²) in [7, 11) is 0. The number of rotatable bonds is 4. The number of benzene rings is 1. The molecule has 0 aliphatic carbocycles. The third-order valence-electron chi connectivity index (χ3n) is 4.01. The molecule has 2 aromatic rings. The Bertz CT molecular complexity index is 656. The maximum atomic E-state index is 5.90. The number of nitrogens with one attached hydrogen (secondary N) is 1. The van der Waals surface area contributed by atoms with Crippen molar-refractivity contribution < 1.29 is 0 Å². The molecule has 0 radical (unpaired) electrons. The van der Waals surface area contributed by atoms with Crippen LogP contribution in [0.3, 0.4) is 0 Å². The lowest BCUT2D eigenvalue weighted by molar-refractivity contribution is 0.378. The standard InChI is InChI=1S/C17H20ClN5S/c18-15-4-2-14(3-5-15)6-9-21-17(24)23-12-10-22(11-13-23)16-19-7-1-8-20-16/h1-5,7-8H,6,9-13H2,(H,21,24). The van der Waals surface area contributed by atoms with Gasteiger partial charge in [0.1, 0.15) is 0 Å². The highest BCUT2D eigenvalue weighted by Crippen LogP contribution is 2.11. The van der Waals surface area contributed by atoms with Crippen LogP contribution in [-0.2, 0) is 6.42 Å². The van der Waals surface area contributed by atoms with E-state index in [4.69, 9.17) is 23.8 Å². The fourth-order valence-electron chi connectivity index (χ4n) is 2.64. The van der Waals surface area contributed by atoms with Crippen LogP contribution in [0.4, 0.5) is 5.95 Å². The molecule has 126 valence electrons. The van der Waals surface area contributed by atoms with Gasteiger partial charge in [-0.25, -0.2) is 9.97 Å². The molecular weight excluding hydrogens is 342 g/mol. The van der Waals surface area contributed by atoms with Crippen LogP contribution >= 0.6 is 23.8 Å². The van der Waals surface area contributed by atoms with Crippen LogP contribution in [0.1, 0.15) is 5.56 Å². The van der Waals surface area contributed by atoms with Gasteiger partial charge in [0.2, 0.25) is 5.95 Å². The van der Waals surface area contributed by atoms with Crippen LogP contribution in [0.5, 0.6) is 0 Å². The molecule has 0 spiro atoms. The Kier molecular flexibility index (Phi) is 5.82. The number of nitrogens with zero attached hydrogens (tertiary/aromatic N) is 4. The van der Waals surface area contributed by atoms with Crippen molar-refractivity contribution in [3.05, 3.63) is 53.3 Å². The first kappa shape index (κ1) is 16.9. The summed E-state index contributed by atoms with van der Waals surface area (Å²) in [6.07, 6.45) is 4.48. The molecule has 0 bridgehead atoms. The maximum Gasteiger partial charge on any atom is 0.225 e. The van der Waals surface area contributed by atoms with E-state index >= 15 is 0 Å². The van der Waals surface area contributed by atoms with Crippen LogP contribution in [0.2, 0.25) is 5.02 Å². The highest BCUT2D eigenvalue weighted by atomic mass is 35.5. The number of aromatic nitrogens is 2. The Morgan fingerprint density at radius 1 is 1.08 bits per heavy atom. The van der Waals surface area contributed by atoms with E-state index in [1.807, 2.05) is 30.3 Å². The molecule has 0 atom stereocenters. The van der Waals surface area contributed by atoms with Gasteiger partial charge in [-0.05, 0) is 42.4 Å². The SMILES string of the molecule is S=C(NCCc1ccc(Cl)cc1)N1CCN(c2ncccn2)CC1. The van der Waals surface area contributed by atoms with Crippen LogP contribution in [0.15, 0.2) is 42.7 Å². The van der Waals surface area contributed by atoms with E-state index < -0.39 is 0 Å². The number of anilines is 1. The third kappa shape index (κ3) is 4.55. The zero-order chi connectivity index (χ0) is 16.8. The summed E-state index contributed by atoms with van der Waals surface area (Å²) in [6.45, 7) is 4.34. The van der Waals surface area contributed by atoms with Crippen molar-refractivity contribution in [2.45, 2.75) is 6.42 Å². The first-order chi connectivity index (χ1) is 11.7. The number of hydrogen-bond acceptors (Lipinski definition) is 4. The smallest absolute Gasteiger partial charge is 0.225 e. The van der Waals surface area contributed by atoms with E-state index in [0.29, 0.717) is 0 Å². The molecule has 5 nitrogen and oxygen atoms in total. The molecule has 0 saturated carbocycles. The summed E-state index contributed by atoms with van der Waals surface area (Å²) in [5, 5.41) is 4.93. The van der Waals surface area contributed by atoms with Crippen molar-refractivity contribution in [3.63, 3.8) is 0 Å². The first-order valence-electron chi connectivity index (χ1n) is 8.01. The van der Waals surface area contributed by atoms with Gasteiger partial charge in [0.05, 0.1) is 0 Å². The zero-order valence-electron chi connectivity index (χ0n) is 13.4. The van der Waals surface area contributed by atoms with Gasteiger partial charge < -0.3 is 15.1 Å². The highest BCUT2D eigenvalue weighted by Gasteiger charge is 2.20. The Morgan fingerprint density at radius 3 is 2.42 bits per heavy atom. The lowest BCUT2D eigenvalue weighted by Gasteiger charge is -2.36. The molecule has 2 heterocycles. The molecule has 0 unspecified atom stereocenters. The molecule has 24 heavy (non-hydrogen) atoms. The Balaban J connectivity index is 1.41. The monoisotopic (exact) mass is 361 g/mol. The van der Waals surface area contributed by atoms with E-state index in [0.717, 1.165) is 55.2 Å². The van der Waals surface area contributed by atoms with Gasteiger partial charge in [0.15, 0.2) is 5.11 Å². The second-order valence-corrected chi connectivity index (χ2v) is 6.45. The number of thiocarbonyl (C=S) groups is 1. The molecule has 1 aliphatic heterocycles. The average Bonchev–Trinajstić information content (AvgIpc) is 2.64. The van der Waals surface area contributed by atoms with Gasteiger partial charge in [-0.3, -0.25) is 0 Å². The van der Waals surface area contributed by atoms with Crippen LogP contribution in [0, 0.1) is 0 Å². The number of hydrogen-bond donors (Lipinski definition) is 1. The Morgan fingerprint density at radius 2 is 1.75 bits per heavy atom. The summed E-state index contributed by atoms with van der Waals surface area (Å²) in [6, 6.07) is 9.76. The molecule has 3 rings (SSSR count). The van der Waals surface area contributed by atoms with Crippen molar-refractivity contribution in [1.82, 2.24) is 20.2 Å². The van der Waals surface area contributed by atoms with Crippen molar-refractivity contribution >= 4 is 34.9 Å². The zero-order valence-corrected chi connectivity index (χ0v) is 14.9. The topological polar surface area (TPSA) is 44.3 Å². The van der Waals surface area contributed by atoms with E-state index in [2.05, 4.69) is 25.1 Å². The van der Waals surface area contributed by atoms with Crippen molar-refractivity contribution in [2.75, 3.05) is 37.6 Å². The third-order valence-corrected chi connectivity index (χ3v) is 4.66. The molecule has 0 amide bonds. The van der Waals surface area contributed by atoms with E-state index in [1.165, 1.54) is 5.56 Å². The molecule has 1 aliphatic rings. The molecule has 1 N–H and O–H groups in total. The van der Waals surface area contributed by atoms with E-state index in [9.17, 15) is 0 Å². The summed E-state index contributed by atoms with van der Waals surface area (Å²) >= 11 is 11.4. The lowest BCUT2D eigenvalue weighted by Crippen LogP contribution is -2.52. The molecule has 7 heteroatoms. The fourth-order valence-corrected chi connectivity index (χ4v) is 3.05. The van der Waals surface area contributed by atoms with Crippen molar-refractivity contribution in [3.8, 4) is 0 Å². The predicted octanol–water partition coefficient (Wildman–Crippen LogP) is 2.37. The minimum absolute atomic E-state index is 0.766. The Hall–Kier alpha value is -1.92. The van der Waals surface area contributed by atoms with Crippen molar-refractivity contribution in [2.24, 2.45) is 0 Å². The normalized spacial score (nSPS) is 14.5. The maximum absolute atomic E-state index is 5.90. The molecule has 1 aromatic heterocycles. The molecule has 1 aromatic carbocycles. The summed E-state index contributed by atoms with van der Waals surface area (Å²) in [5.74, 6) is 0.791. The van der Waals surface area contributed by atoms with Crippen LogP contribution < -0.4 is 10.2 Å². The molecule has 1 saturated heterocycles.